The first-order valence-corrected chi connectivity index (χ1v) is 8.12. The van der Waals surface area contributed by atoms with E-state index < -0.39 is 30.2 Å². The molecular weight excluding hydrogens is 328 g/mol. The second kappa shape index (κ2) is 11.1. The summed E-state index contributed by atoms with van der Waals surface area (Å²) in [7, 11) is 1.53. The van der Waals surface area contributed by atoms with Crippen LogP contribution in [-0.2, 0) is 25.7 Å². The Morgan fingerprint density at radius 1 is 1.28 bits per heavy atom. The summed E-state index contributed by atoms with van der Waals surface area (Å²) in [6.45, 7) is 0.642. The summed E-state index contributed by atoms with van der Waals surface area (Å²) in [4.78, 5) is 51.2. The molecule has 9 nitrogen and oxygen atoms in total. The van der Waals surface area contributed by atoms with Crippen molar-refractivity contribution in [2.24, 2.45) is 0 Å². The Morgan fingerprint density at radius 2 is 2.04 bits per heavy atom. The van der Waals surface area contributed by atoms with Crippen molar-refractivity contribution in [3.63, 3.8) is 0 Å². The van der Waals surface area contributed by atoms with Gasteiger partial charge >= 0.3 is 5.97 Å². The van der Waals surface area contributed by atoms with Crippen LogP contribution >= 0.6 is 0 Å². The van der Waals surface area contributed by atoms with Crippen molar-refractivity contribution in [1.82, 2.24) is 19.8 Å². The largest absolute Gasteiger partial charge is 0.481 e. The molecule has 0 radical (unpaired) electrons. The van der Waals surface area contributed by atoms with Gasteiger partial charge in [-0.25, -0.2) is 4.98 Å². The summed E-state index contributed by atoms with van der Waals surface area (Å²) in [6.07, 6.45) is 7.25. The SMILES string of the molecule is CNCC(=O)N(C(=O)CCCCCn1ccnc1)[C@H](C=O)CC(=O)O. The minimum absolute atomic E-state index is 0.0866. The quantitative estimate of drug-likeness (QED) is 0.403. The van der Waals surface area contributed by atoms with E-state index in [0.717, 1.165) is 24.3 Å². The van der Waals surface area contributed by atoms with Gasteiger partial charge in [0.25, 0.3) is 0 Å². The Bertz CT molecular complexity index is 573. The number of unbranched alkanes of at least 4 members (excludes halogenated alkanes) is 2. The molecule has 0 bridgehead atoms. The minimum Gasteiger partial charge on any atom is -0.481 e. The van der Waals surface area contributed by atoms with E-state index in [-0.39, 0.29) is 13.0 Å². The average Bonchev–Trinajstić information content (AvgIpc) is 3.07. The van der Waals surface area contributed by atoms with Crippen LogP contribution in [0.25, 0.3) is 0 Å². The number of amides is 2. The molecule has 2 amide bonds. The number of imidazole rings is 1. The zero-order valence-electron chi connectivity index (χ0n) is 14.3. The van der Waals surface area contributed by atoms with Gasteiger partial charge in [-0.1, -0.05) is 6.42 Å². The first kappa shape index (κ1) is 20.5. The third-order valence-electron chi connectivity index (χ3n) is 3.60. The van der Waals surface area contributed by atoms with Crippen molar-refractivity contribution in [3.8, 4) is 0 Å². The predicted octanol–water partition coefficient (Wildman–Crippen LogP) is 0.0603. The number of nitrogens with zero attached hydrogens (tertiary/aromatic N) is 3. The number of hydrogen-bond acceptors (Lipinski definition) is 6. The van der Waals surface area contributed by atoms with Gasteiger partial charge in [-0.15, -0.1) is 0 Å². The zero-order valence-corrected chi connectivity index (χ0v) is 14.3. The van der Waals surface area contributed by atoms with E-state index in [1.54, 1.807) is 12.5 Å². The average molecular weight is 352 g/mol. The lowest BCUT2D eigenvalue weighted by atomic mass is 10.1. The number of carbonyl (C=O) groups is 4. The Balaban J connectivity index is 2.54. The summed E-state index contributed by atoms with van der Waals surface area (Å²) in [6, 6.07) is -1.28. The molecule has 0 unspecified atom stereocenters. The van der Waals surface area contributed by atoms with Crippen molar-refractivity contribution in [2.45, 2.75) is 44.7 Å². The fourth-order valence-corrected chi connectivity index (χ4v) is 2.41. The molecule has 0 fully saturated rings. The number of aromatic nitrogens is 2. The molecule has 0 aliphatic carbocycles. The Kier molecular flexibility index (Phi) is 9.09. The number of carboxylic acid groups (broad SMARTS) is 1. The number of nitrogens with one attached hydrogen (secondary N) is 1. The normalized spacial score (nSPS) is 11.7. The van der Waals surface area contributed by atoms with Gasteiger partial charge in [-0.3, -0.25) is 19.3 Å². The number of hydrogen-bond donors (Lipinski definition) is 2. The molecule has 0 aliphatic heterocycles. The molecule has 1 aromatic heterocycles. The van der Waals surface area contributed by atoms with Gasteiger partial charge in [0, 0.05) is 25.4 Å². The van der Waals surface area contributed by atoms with Gasteiger partial charge in [0.15, 0.2) is 0 Å². The number of imide groups is 1. The molecule has 0 saturated carbocycles. The summed E-state index contributed by atoms with van der Waals surface area (Å²) >= 11 is 0. The number of aryl methyl sites for hydroxylation is 1. The molecule has 1 atom stereocenters. The van der Waals surface area contributed by atoms with E-state index in [4.69, 9.17) is 5.11 Å². The summed E-state index contributed by atoms with van der Waals surface area (Å²) < 4.78 is 1.93. The fraction of sp³-hybridized carbons (Fsp3) is 0.562. The van der Waals surface area contributed by atoms with Crippen molar-refractivity contribution >= 4 is 24.1 Å². The van der Waals surface area contributed by atoms with Crippen LogP contribution in [0.2, 0.25) is 0 Å². The summed E-state index contributed by atoms with van der Waals surface area (Å²) in [5.41, 5.74) is 0. The highest BCUT2D eigenvalue weighted by Crippen LogP contribution is 2.10. The first-order valence-electron chi connectivity index (χ1n) is 8.12. The molecule has 0 saturated heterocycles. The standard InChI is InChI=1S/C16H24N4O5/c1-17-10-15(23)20(13(11-21)9-16(24)25)14(22)5-3-2-4-7-19-8-6-18-12-19/h6,8,11-13,17H,2-5,7,9-10H2,1H3,(H,24,25)/t13-/m0/s1. The Labute approximate surface area is 146 Å². The van der Waals surface area contributed by atoms with Crippen LogP contribution in [0.15, 0.2) is 18.7 Å². The monoisotopic (exact) mass is 352 g/mol. The molecule has 0 aromatic carbocycles. The summed E-state index contributed by atoms with van der Waals surface area (Å²) in [5, 5.41) is 11.5. The molecule has 25 heavy (non-hydrogen) atoms. The lowest BCUT2D eigenvalue weighted by molar-refractivity contribution is -0.151. The Hall–Kier alpha value is -2.55. The van der Waals surface area contributed by atoms with Crippen molar-refractivity contribution < 1.29 is 24.3 Å². The molecule has 0 spiro atoms. The highest BCUT2D eigenvalue weighted by atomic mass is 16.4. The lowest BCUT2D eigenvalue weighted by Crippen LogP contribution is -2.49. The number of likely N-dealkylation sites (N-methyl/N-ethyl adjacent to an activating group) is 1. The van der Waals surface area contributed by atoms with Crippen LogP contribution in [0, 0.1) is 0 Å². The maximum atomic E-state index is 12.3. The van der Waals surface area contributed by atoms with Crippen LogP contribution in [0.3, 0.4) is 0 Å². The van der Waals surface area contributed by atoms with Crippen LogP contribution in [-0.4, -0.2) is 63.3 Å². The first-order chi connectivity index (χ1) is 12.0. The lowest BCUT2D eigenvalue weighted by Gasteiger charge is -2.25. The van der Waals surface area contributed by atoms with E-state index in [0.29, 0.717) is 12.7 Å². The molecule has 1 aromatic rings. The van der Waals surface area contributed by atoms with E-state index >= 15 is 0 Å². The van der Waals surface area contributed by atoms with Crippen LogP contribution in [0.5, 0.6) is 0 Å². The Morgan fingerprint density at radius 3 is 2.60 bits per heavy atom. The third-order valence-corrected chi connectivity index (χ3v) is 3.60. The van der Waals surface area contributed by atoms with Gasteiger partial charge < -0.3 is 19.8 Å². The number of aliphatic carboxylic acids is 1. The van der Waals surface area contributed by atoms with E-state index in [9.17, 15) is 19.2 Å². The van der Waals surface area contributed by atoms with Gasteiger partial charge in [0.05, 0.1) is 19.3 Å². The van der Waals surface area contributed by atoms with Gasteiger partial charge in [0.1, 0.15) is 12.3 Å². The van der Waals surface area contributed by atoms with Crippen molar-refractivity contribution in [2.75, 3.05) is 13.6 Å². The molecule has 0 aliphatic rings. The van der Waals surface area contributed by atoms with Gasteiger partial charge in [-0.05, 0) is 19.9 Å². The topological polar surface area (TPSA) is 122 Å². The molecular formula is C16H24N4O5. The van der Waals surface area contributed by atoms with E-state index in [2.05, 4.69) is 10.3 Å². The van der Waals surface area contributed by atoms with E-state index in [1.165, 1.54) is 7.05 Å². The fourth-order valence-electron chi connectivity index (χ4n) is 2.41. The van der Waals surface area contributed by atoms with E-state index in [1.807, 2.05) is 10.8 Å². The molecule has 138 valence electrons. The smallest absolute Gasteiger partial charge is 0.305 e. The van der Waals surface area contributed by atoms with Crippen molar-refractivity contribution in [1.29, 1.82) is 0 Å². The summed E-state index contributed by atoms with van der Waals surface area (Å²) in [5.74, 6) is -2.38. The minimum atomic E-state index is -1.28. The van der Waals surface area contributed by atoms with Gasteiger partial charge in [0.2, 0.25) is 11.8 Å². The zero-order chi connectivity index (χ0) is 18.7. The second-order valence-corrected chi connectivity index (χ2v) is 5.60. The maximum absolute atomic E-state index is 12.3. The van der Waals surface area contributed by atoms with Crippen LogP contribution < -0.4 is 5.32 Å². The number of carboxylic acids is 1. The molecule has 1 rings (SSSR count). The second-order valence-electron chi connectivity index (χ2n) is 5.60. The molecule has 9 heteroatoms. The third kappa shape index (κ3) is 7.25. The molecule has 1 heterocycles. The molecule has 2 N–H and O–H groups in total. The van der Waals surface area contributed by atoms with Crippen LogP contribution in [0.4, 0.5) is 0 Å². The van der Waals surface area contributed by atoms with Crippen molar-refractivity contribution in [3.05, 3.63) is 18.7 Å². The maximum Gasteiger partial charge on any atom is 0.305 e. The highest BCUT2D eigenvalue weighted by Gasteiger charge is 2.30. The number of rotatable bonds is 12. The van der Waals surface area contributed by atoms with Crippen LogP contribution in [0.1, 0.15) is 32.1 Å². The number of carbonyl (C=O) groups excluding carboxylic acids is 3. The van der Waals surface area contributed by atoms with Gasteiger partial charge in [-0.2, -0.15) is 0 Å². The highest BCUT2D eigenvalue weighted by molar-refractivity contribution is 5.99. The predicted molar refractivity (Wildman–Crippen MR) is 88.6 cm³/mol. The number of aldehydes is 1.